The van der Waals surface area contributed by atoms with E-state index in [4.69, 9.17) is 0 Å². The van der Waals surface area contributed by atoms with E-state index >= 15 is 0 Å². The van der Waals surface area contributed by atoms with Gasteiger partial charge in [-0.15, -0.1) is 0 Å². The van der Waals surface area contributed by atoms with Crippen molar-refractivity contribution in [2.45, 2.75) is 18.3 Å². The molecular weight excluding hydrogens is 833 g/mol. The van der Waals surface area contributed by atoms with Crippen LogP contribution in [0.25, 0.3) is 55.6 Å². The summed E-state index contributed by atoms with van der Waals surface area (Å²) < 4.78 is 0. The Morgan fingerprint density at radius 3 is 1.22 bits per heavy atom. The lowest BCUT2D eigenvalue weighted by atomic mass is 9.70. The third-order valence-corrected chi connectivity index (χ3v) is 14.5. The Hall–Kier alpha value is -8.72. The number of para-hydroxylation sites is 1. The van der Waals surface area contributed by atoms with Crippen molar-refractivity contribution in [3.8, 4) is 55.6 Å². The van der Waals surface area contributed by atoms with Crippen molar-refractivity contribution < 1.29 is 0 Å². The number of nitrogens with zero attached hydrogens (tertiary/aromatic N) is 2. The highest BCUT2D eigenvalue weighted by atomic mass is 15.2. The normalized spacial score (nSPS) is 13.5. The van der Waals surface area contributed by atoms with Gasteiger partial charge in [0, 0.05) is 34.1 Å². The van der Waals surface area contributed by atoms with Crippen LogP contribution >= 0.6 is 0 Å². The van der Waals surface area contributed by atoms with Crippen molar-refractivity contribution >= 4 is 28.4 Å². The van der Waals surface area contributed by atoms with E-state index in [-0.39, 0.29) is 0 Å². The van der Waals surface area contributed by atoms with Gasteiger partial charge in [0.15, 0.2) is 0 Å². The molecule has 10 aromatic carbocycles. The Labute approximate surface area is 405 Å². The van der Waals surface area contributed by atoms with Gasteiger partial charge >= 0.3 is 0 Å². The van der Waals surface area contributed by atoms with E-state index in [0.717, 1.165) is 52.5 Å². The fourth-order valence-electron chi connectivity index (χ4n) is 11.4. The van der Waals surface area contributed by atoms with Gasteiger partial charge in [0.1, 0.15) is 0 Å². The first-order valence-electron chi connectivity index (χ1n) is 24.1. The van der Waals surface area contributed by atoms with E-state index in [9.17, 15) is 0 Å². The van der Waals surface area contributed by atoms with E-state index in [1.54, 1.807) is 0 Å². The van der Waals surface area contributed by atoms with Gasteiger partial charge in [-0.3, -0.25) is 0 Å². The number of rotatable bonds is 9. The number of benzene rings is 10. The van der Waals surface area contributed by atoms with E-state index in [1.165, 1.54) is 72.3 Å². The van der Waals surface area contributed by atoms with Crippen LogP contribution in [-0.4, -0.2) is 0 Å². The van der Waals surface area contributed by atoms with Crippen LogP contribution in [0, 0.1) is 0 Å². The Kier molecular flexibility index (Phi) is 9.91. The molecule has 2 heteroatoms. The van der Waals surface area contributed by atoms with Crippen LogP contribution in [0.2, 0.25) is 0 Å². The number of fused-ring (bicyclic) bond motifs is 10. The molecule has 3 aliphatic rings. The molecular formula is C67H48N2. The smallest absolute Gasteiger partial charge is 0.0725 e. The van der Waals surface area contributed by atoms with Crippen molar-refractivity contribution in [1.82, 2.24) is 0 Å². The van der Waals surface area contributed by atoms with Gasteiger partial charge in [0.2, 0.25) is 0 Å². The molecule has 0 heterocycles. The van der Waals surface area contributed by atoms with Gasteiger partial charge in [-0.1, -0.05) is 200 Å². The molecule has 69 heavy (non-hydrogen) atoms. The first-order valence-corrected chi connectivity index (χ1v) is 24.1. The number of hydrogen-bond donors (Lipinski definition) is 0. The van der Waals surface area contributed by atoms with Crippen LogP contribution in [0.15, 0.2) is 273 Å². The highest BCUT2D eigenvalue weighted by Gasteiger charge is 2.51. The van der Waals surface area contributed by atoms with E-state index < -0.39 is 5.41 Å². The third-order valence-electron chi connectivity index (χ3n) is 14.5. The molecule has 0 aromatic heterocycles. The van der Waals surface area contributed by atoms with Crippen LogP contribution in [0.3, 0.4) is 0 Å². The van der Waals surface area contributed by atoms with Crippen molar-refractivity contribution in [3.05, 3.63) is 295 Å². The molecule has 0 saturated heterocycles. The largest absolute Gasteiger partial charge is 0.311 e. The number of allylic oxidation sites excluding steroid dienone is 3. The highest BCUT2D eigenvalue weighted by Crippen LogP contribution is 2.63. The topological polar surface area (TPSA) is 6.48 Å². The van der Waals surface area contributed by atoms with Crippen molar-refractivity contribution in [1.29, 1.82) is 0 Å². The molecule has 1 spiro atoms. The maximum absolute atomic E-state index is 2.51. The lowest BCUT2D eigenvalue weighted by Gasteiger charge is -2.32. The summed E-state index contributed by atoms with van der Waals surface area (Å²) in [6.45, 7) is 0. The molecule has 0 radical (unpaired) electrons. The SMILES string of the molecule is C1=CC(N(c2ccc(-c3ccccc3)cc2)c2cc(-c3ccc4c(c3)C3(c5ccccc5-c5ccccc53)c3ccccc3-4)cc(N(c3ccccc3)c3ccc(-c4ccccc4)cc3)c2)=CCC1. The second-order valence-corrected chi connectivity index (χ2v) is 18.3. The fourth-order valence-corrected chi connectivity index (χ4v) is 11.4. The quantitative estimate of drug-likeness (QED) is 0.143. The molecule has 0 atom stereocenters. The number of hydrogen-bond acceptors (Lipinski definition) is 2. The lowest BCUT2D eigenvalue weighted by Crippen LogP contribution is -2.25. The Bertz CT molecular complexity index is 3520. The van der Waals surface area contributed by atoms with E-state index in [1.807, 2.05) is 0 Å². The van der Waals surface area contributed by atoms with Gasteiger partial charge < -0.3 is 9.80 Å². The summed E-state index contributed by atoms with van der Waals surface area (Å²) in [5.74, 6) is 0. The Morgan fingerprint density at radius 1 is 0.275 bits per heavy atom. The monoisotopic (exact) mass is 880 g/mol. The van der Waals surface area contributed by atoms with Gasteiger partial charge in [-0.25, -0.2) is 0 Å². The first kappa shape index (κ1) is 40.5. The maximum atomic E-state index is 2.51. The van der Waals surface area contributed by atoms with Gasteiger partial charge in [0.25, 0.3) is 0 Å². The summed E-state index contributed by atoms with van der Waals surface area (Å²) >= 11 is 0. The predicted octanol–water partition coefficient (Wildman–Crippen LogP) is 17.9. The minimum Gasteiger partial charge on any atom is -0.311 e. The van der Waals surface area contributed by atoms with Crippen molar-refractivity contribution in [2.24, 2.45) is 0 Å². The number of anilines is 5. The molecule has 13 rings (SSSR count). The minimum absolute atomic E-state index is 0.448. The summed E-state index contributed by atoms with van der Waals surface area (Å²) in [6.07, 6.45) is 9.01. The molecule has 10 aromatic rings. The standard InChI is InChI=1S/C67H48N2/c1-5-19-47(20-6-1)49-33-38-55(39-34-49)68(53-23-9-3-10-24-53)57-43-52(44-58(46-57)69(54-25-11-4-12-26-54)56-40-35-50(36-41-56)48-21-7-2-8-22-48)51-37-42-62-61-29-15-18-32-65(61)67(66(62)45-51)63-30-16-13-27-59(63)60-28-14-17-31-64(60)67/h1-3,5-11,13-46H,4,12H2. The first-order chi connectivity index (χ1) is 34.2. The van der Waals surface area contributed by atoms with Crippen molar-refractivity contribution in [3.63, 3.8) is 0 Å². The van der Waals surface area contributed by atoms with Crippen LogP contribution in [0.4, 0.5) is 28.4 Å². The van der Waals surface area contributed by atoms with Crippen LogP contribution in [0.5, 0.6) is 0 Å². The second-order valence-electron chi connectivity index (χ2n) is 18.3. The summed E-state index contributed by atoms with van der Waals surface area (Å²) in [7, 11) is 0. The summed E-state index contributed by atoms with van der Waals surface area (Å²) in [4.78, 5) is 4.87. The third kappa shape index (κ3) is 6.79. The molecule has 3 aliphatic carbocycles. The zero-order valence-electron chi connectivity index (χ0n) is 38.2. The molecule has 0 unspecified atom stereocenters. The van der Waals surface area contributed by atoms with Gasteiger partial charge in [-0.2, -0.15) is 0 Å². The van der Waals surface area contributed by atoms with Crippen molar-refractivity contribution in [2.75, 3.05) is 9.80 Å². The Balaban J connectivity index is 1.04. The van der Waals surface area contributed by atoms with E-state index in [0.29, 0.717) is 0 Å². The molecule has 2 nitrogen and oxygen atoms in total. The van der Waals surface area contributed by atoms with Crippen LogP contribution in [0.1, 0.15) is 35.1 Å². The summed E-state index contributed by atoms with van der Waals surface area (Å²) in [5.41, 5.74) is 23.8. The average molecular weight is 881 g/mol. The molecule has 0 aliphatic heterocycles. The summed E-state index contributed by atoms with van der Waals surface area (Å²) in [6, 6.07) is 91.9. The zero-order valence-corrected chi connectivity index (χ0v) is 38.2. The molecule has 0 fully saturated rings. The lowest BCUT2D eigenvalue weighted by molar-refractivity contribution is 0.794. The van der Waals surface area contributed by atoms with Crippen LogP contribution < -0.4 is 9.80 Å². The molecule has 326 valence electrons. The fraction of sp³-hybridized carbons (Fsp3) is 0.0448. The molecule has 0 bridgehead atoms. The highest BCUT2D eigenvalue weighted by molar-refractivity contribution is 5.96. The predicted molar refractivity (Wildman–Crippen MR) is 289 cm³/mol. The second kappa shape index (κ2) is 16.9. The molecule has 0 amide bonds. The summed E-state index contributed by atoms with van der Waals surface area (Å²) in [5, 5.41) is 0. The zero-order chi connectivity index (χ0) is 45.7. The van der Waals surface area contributed by atoms with E-state index in [2.05, 4.69) is 277 Å². The average Bonchev–Trinajstić information content (AvgIpc) is 3.90. The maximum Gasteiger partial charge on any atom is 0.0725 e. The van der Waals surface area contributed by atoms with Gasteiger partial charge in [-0.05, 0) is 157 Å². The Morgan fingerprint density at radius 2 is 0.696 bits per heavy atom. The molecule has 0 N–H and O–H groups in total. The molecule has 0 saturated carbocycles. The van der Waals surface area contributed by atoms with Crippen LogP contribution in [-0.2, 0) is 5.41 Å². The van der Waals surface area contributed by atoms with Gasteiger partial charge in [0.05, 0.1) is 5.41 Å². The minimum atomic E-state index is -0.448.